The van der Waals surface area contributed by atoms with Crippen molar-refractivity contribution in [2.75, 3.05) is 12.4 Å². The van der Waals surface area contributed by atoms with Crippen molar-refractivity contribution in [1.29, 1.82) is 0 Å². The SMILES string of the molecule is CCC(C)(C)OCCC(C)(CC)C(C)CS. The monoisotopic (exact) mass is 246 g/mol. The van der Waals surface area contributed by atoms with Crippen LogP contribution in [0.2, 0.25) is 0 Å². The average molecular weight is 246 g/mol. The van der Waals surface area contributed by atoms with Crippen LogP contribution in [-0.2, 0) is 4.74 Å². The maximum Gasteiger partial charge on any atom is 0.0623 e. The van der Waals surface area contributed by atoms with E-state index in [4.69, 9.17) is 4.74 Å². The molecule has 98 valence electrons. The fourth-order valence-electron chi connectivity index (χ4n) is 1.65. The van der Waals surface area contributed by atoms with Crippen LogP contribution in [0.25, 0.3) is 0 Å². The molecule has 0 aliphatic rings. The topological polar surface area (TPSA) is 9.23 Å². The average Bonchev–Trinajstić information content (AvgIpc) is 2.27. The molecule has 0 aliphatic carbocycles. The van der Waals surface area contributed by atoms with Gasteiger partial charge in [-0.2, -0.15) is 12.6 Å². The smallest absolute Gasteiger partial charge is 0.0623 e. The van der Waals surface area contributed by atoms with E-state index in [-0.39, 0.29) is 5.60 Å². The van der Waals surface area contributed by atoms with E-state index in [1.165, 1.54) is 6.42 Å². The van der Waals surface area contributed by atoms with E-state index in [2.05, 4.69) is 54.2 Å². The summed E-state index contributed by atoms with van der Waals surface area (Å²) in [6.07, 6.45) is 3.40. The van der Waals surface area contributed by atoms with Crippen molar-refractivity contribution >= 4 is 12.6 Å². The minimum absolute atomic E-state index is 0.0266. The van der Waals surface area contributed by atoms with Crippen LogP contribution in [0.5, 0.6) is 0 Å². The number of hydrogen-bond donors (Lipinski definition) is 1. The first-order valence-corrected chi connectivity index (χ1v) is 7.19. The molecule has 0 spiro atoms. The Morgan fingerprint density at radius 2 is 1.69 bits per heavy atom. The van der Waals surface area contributed by atoms with Crippen molar-refractivity contribution in [1.82, 2.24) is 0 Å². The zero-order valence-corrected chi connectivity index (χ0v) is 12.9. The summed E-state index contributed by atoms with van der Waals surface area (Å²) >= 11 is 4.42. The van der Waals surface area contributed by atoms with Crippen LogP contribution in [0.4, 0.5) is 0 Å². The Bertz CT molecular complexity index is 191. The Labute approximate surface area is 108 Å². The van der Waals surface area contributed by atoms with Gasteiger partial charge in [-0.3, -0.25) is 0 Å². The fourth-order valence-corrected chi connectivity index (χ4v) is 2.10. The third-order valence-electron chi connectivity index (χ3n) is 4.29. The lowest BCUT2D eigenvalue weighted by Crippen LogP contribution is -2.30. The molecule has 0 aliphatic heterocycles. The van der Waals surface area contributed by atoms with Gasteiger partial charge in [0.2, 0.25) is 0 Å². The molecule has 1 nitrogen and oxygen atoms in total. The molecule has 0 aromatic rings. The van der Waals surface area contributed by atoms with Crippen molar-refractivity contribution in [3.05, 3.63) is 0 Å². The van der Waals surface area contributed by atoms with Crippen LogP contribution < -0.4 is 0 Å². The minimum Gasteiger partial charge on any atom is -0.376 e. The van der Waals surface area contributed by atoms with Gasteiger partial charge in [-0.1, -0.05) is 34.1 Å². The molecule has 0 bridgehead atoms. The van der Waals surface area contributed by atoms with Gasteiger partial charge in [0, 0.05) is 6.61 Å². The van der Waals surface area contributed by atoms with Crippen molar-refractivity contribution < 1.29 is 4.74 Å². The van der Waals surface area contributed by atoms with E-state index in [0.717, 1.165) is 25.2 Å². The van der Waals surface area contributed by atoms with Crippen LogP contribution in [-0.4, -0.2) is 18.0 Å². The second kappa shape index (κ2) is 6.90. The quantitative estimate of drug-likeness (QED) is 0.618. The molecule has 0 radical (unpaired) electrons. The maximum atomic E-state index is 5.95. The summed E-state index contributed by atoms with van der Waals surface area (Å²) in [7, 11) is 0. The standard InChI is InChI=1S/C14H30OS/c1-7-13(4,5)15-10-9-14(6,8-2)12(3)11-16/h12,16H,7-11H2,1-6H3. The summed E-state index contributed by atoms with van der Waals surface area (Å²) in [5.74, 6) is 1.61. The summed E-state index contributed by atoms with van der Waals surface area (Å²) in [5.41, 5.74) is 0.393. The first kappa shape index (κ1) is 16.3. The van der Waals surface area contributed by atoms with Gasteiger partial charge in [0.25, 0.3) is 0 Å². The van der Waals surface area contributed by atoms with Crippen molar-refractivity contribution in [2.24, 2.45) is 11.3 Å². The molecule has 2 atom stereocenters. The van der Waals surface area contributed by atoms with E-state index in [1.54, 1.807) is 0 Å². The number of thiol groups is 1. The molecule has 0 heterocycles. The van der Waals surface area contributed by atoms with E-state index < -0.39 is 0 Å². The second-order valence-electron chi connectivity index (χ2n) is 5.80. The summed E-state index contributed by atoms with van der Waals surface area (Å²) < 4.78 is 5.95. The summed E-state index contributed by atoms with van der Waals surface area (Å²) in [6, 6.07) is 0. The molecule has 0 saturated carbocycles. The lowest BCUT2D eigenvalue weighted by atomic mass is 9.74. The van der Waals surface area contributed by atoms with Crippen LogP contribution in [0, 0.1) is 11.3 Å². The lowest BCUT2D eigenvalue weighted by molar-refractivity contribution is -0.0373. The van der Waals surface area contributed by atoms with Crippen molar-refractivity contribution in [3.63, 3.8) is 0 Å². The van der Waals surface area contributed by atoms with E-state index in [9.17, 15) is 0 Å². The molecule has 0 saturated heterocycles. The third-order valence-corrected chi connectivity index (χ3v) is 4.84. The zero-order valence-electron chi connectivity index (χ0n) is 12.0. The summed E-state index contributed by atoms with van der Waals surface area (Å²) in [6.45, 7) is 14.3. The van der Waals surface area contributed by atoms with Crippen molar-refractivity contribution in [3.8, 4) is 0 Å². The second-order valence-corrected chi connectivity index (χ2v) is 6.17. The van der Waals surface area contributed by atoms with Crippen molar-refractivity contribution in [2.45, 2.75) is 66.4 Å². The van der Waals surface area contributed by atoms with Gasteiger partial charge in [-0.05, 0) is 43.8 Å². The molecule has 0 N–H and O–H groups in total. The normalized spacial score (nSPS) is 18.2. The molecule has 16 heavy (non-hydrogen) atoms. The predicted octanol–water partition coefficient (Wildman–Crippen LogP) is 4.56. The Morgan fingerprint density at radius 3 is 2.06 bits per heavy atom. The molecule has 0 rings (SSSR count). The van der Waals surface area contributed by atoms with Gasteiger partial charge in [0.15, 0.2) is 0 Å². The van der Waals surface area contributed by atoms with Gasteiger partial charge in [-0.15, -0.1) is 0 Å². The molecular formula is C14H30OS. The molecule has 0 aromatic heterocycles. The Morgan fingerprint density at radius 1 is 1.12 bits per heavy atom. The van der Waals surface area contributed by atoms with Gasteiger partial charge in [0.1, 0.15) is 0 Å². The lowest BCUT2D eigenvalue weighted by Gasteiger charge is -2.35. The Kier molecular flexibility index (Phi) is 7.04. The first-order valence-electron chi connectivity index (χ1n) is 6.56. The largest absolute Gasteiger partial charge is 0.376 e. The highest BCUT2D eigenvalue weighted by Gasteiger charge is 2.29. The van der Waals surface area contributed by atoms with Gasteiger partial charge in [-0.25, -0.2) is 0 Å². The molecule has 2 heteroatoms. The van der Waals surface area contributed by atoms with Gasteiger partial charge in [0.05, 0.1) is 5.60 Å². The van der Waals surface area contributed by atoms with Crippen LogP contribution in [0.1, 0.15) is 60.8 Å². The highest BCUT2D eigenvalue weighted by atomic mass is 32.1. The third kappa shape index (κ3) is 5.09. The number of ether oxygens (including phenoxy) is 1. The van der Waals surface area contributed by atoms with Crippen LogP contribution >= 0.6 is 12.6 Å². The van der Waals surface area contributed by atoms with E-state index in [0.29, 0.717) is 11.3 Å². The fraction of sp³-hybridized carbons (Fsp3) is 1.00. The Hall–Kier alpha value is 0.310. The highest BCUT2D eigenvalue weighted by molar-refractivity contribution is 7.80. The van der Waals surface area contributed by atoms with Crippen LogP contribution in [0.3, 0.4) is 0 Å². The van der Waals surface area contributed by atoms with Gasteiger partial charge < -0.3 is 4.74 Å². The number of rotatable bonds is 8. The predicted molar refractivity (Wildman–Crippen MR) is 76.4 cm³/mol. The molecular weight excluding hydrogens is 216 g/mol. The zero-order chi connectivity index (χ0) is 12.8. The summed E-state index contributed by atoms with van der Waals surface area (Å²) in [5, 5.41) is 0. The van der Waals surface area contributed by atoms with Gasteiger partial charge >= 0.3 is 0 Å². The van der Waals surface area contributed by atoms with E-state index >= 15 is 0 Å². The minimum atomic E-state index is 0.0266. The molecule has 0 fully saturated rings. The number of hydrogen-bond acceptors (Lipinski definition) is 2. The molecule has 2 unspecified atom stereocenters. The first-order chi connectivity index (χ1) is 7.31. The highest BCUT2D eigenvalue weighted by Crippen LogP contribution is 2.35. The Balaban J connectivity index is 4.15. The summed E-state index contributed by atoms with van der Waals surface area (Å²) in [4.78, 5) is 0. The van der Waals surface area contributed by atoms with Crippen LogP contribution in [0.15, 0.2) is 0 Å². The molecule has 0 amide bonds. The maximum absolute atomic E-state index is 5.95. The molecule has 0 aromatic carbocycles. The van der Waals surface area contributed by atoms with E-state index in [1.807, 2.05) is 0 Å².